The number of carbonyl (C=O) groups is 1. The van der Waals surface area contributed by atoms with Gasteiger partial charge in [0, 0.05) is 6.20 Å². The minimum Gasteiger partial charge on any atom is -0.388 e. The van der Waals surface area contributed by atoms with Crippen LogP contribution in [0.5, 0.6) is 0 Å². The van der Waals surface area contributed by atoms with Crippen LogP contribution in [0.2, 0.25) is 0 Å². The Bertz CT molecular complexity index is 1040. The van der Waals surface area contributed by atoms with Crippen molar-refractivity contribution in [2.45, 2.75) is 12.6 Å². The molecule has 0 fully saturated rings. The van der Waals surface area contributed by atoms with Crippen LogP contribution >= 0.6 is 0 Å². The smallest absolute Gasteiger partial charge is 0.253 e. The lowest BCUT2D eigenvalue weighted by Crippen LogP contribution is -2.29. The summed E-state index contributed by atoms with van der Waals surface area (Å²) < 4.78 is 0. The van der Waals surface area contributed by atoms with Gasteiger partial charge in [-0.25, -0.2) is 4.98 Å². The number of aliphatic hydroxyl groups is 1. The monoisotopic (exact) mass is 385 g/mol. The Kier molecular flexibility index (Phi) is 5.40. The minimum absolute atomic E-state index is 0.228. The molecule has 0 saturated heterocycles. The number of amides is 1. The first-order chi connectivity index (χ1) is 14.2. The van der Waals surface area contributed by atoms with Gasteiger partial charge >= 0.3 is 0 Å². The molecular formula is C22H19N5O2. The number of pyridine rings is 1. The summed E-state index contributed by atoms with van der Waals surface area (Å²) >= 11 is 0. The maximum Gasteiger partial charge on any atom is 0.253 e. The highest BCUT2D eigenvalue weighted by atomic mass is 16.3. The van der Waals surface area contributed by atoms with E-state index >= 15 is 0 Å². The maximum absolute atomic E-state index is 12.9. The van der Waals surface area contributed by atoms with Crippen molar-refractivity contribution in [2.75, 3.05) is 0 Å². The molecular weight excluding hydrogens is 366 g/mol. The number of aromatic nitrogens is 4. The van der Waals surface area contributed by atoms with Crippen LogP contribution in [-0.4, -0.2) is 31.2 Å². The molecule has 0 spiro atoms. The van der Waals surface area contributed by atoms with Crippen molar-refractivity contribution in [3.05, 3.63) is 102 Å². The van der Waals surface area contributed by atoms with Gasteiger partial charge in [-0.3, -0.25) is 14.9 Å². The Labute approximate surface area is 167 Å². The van der Waals surface area contributed by atoms with E-state index in [2.05, 4.69) is 25.5 Å². The van der Waals surface area contributed by atoms with Crippen LogP contribution in [0.15, 0.2) is 79.0 Å². The molecule has 7 nitrogen and oxygen atoms in total. The summed E-state index contributed by atoms with van der Waals surface area (Å²) in [6, 6.07) is 22.7. The second kappa shape index (κ2) is 8.45. The predicted octanol–water partition coefficient (Wildman–Crippen LogP) is 2.88. The molecule has 0 radical (unpaired) electrons. The molecule has 0 aliphatic heterocycles. The number of carbonyl (C=O) groups excluding carboxylic acids is 1. The van der Waals surface area contributed by atoms with E-state index in [0.717, 1.165) is 11.1 Å². The molecule has 4 aromatic rings. The number of hydrogen-bond acceptors (Lipinski definition) is 5. The fourth-order valence-corrected chi connectivity index (χ4v) is 3.01. The summed E-state index contributed by atoms with van der Waals surface area (Å²) in [5, 5.41) is 18.8. The third-order valence-corrected chi connectivity index (χ3v) is 4.48. The molecule has 144 valence electrons. The Morgan fingerprint density at radius 3 is 2.14 bits per heavy atom. The third-order valence-electron chi connectivity index (χ3n) is 4.48. The number of nitrogens with one attached hydrogen (secondary N) is 2. The van der Waals surface area contributed by atoms with Gasteiger partial charge in [0.2, 0.25) is 0 Å². The van der Waals surface area contributed by atoms with E-state index in [9.17, 15) is 4.79 Å². The lowest BCUT2D eigenvalue weighted by atomic mass is 9.98. The fraction of sp³-hybridized carbons (Fsp3) is 0.0909. The zero-order chi connectivity index (χ0) is 20.1. The summed E-state index contributed by atoms with van der Waals surface area (Å²) in [6.07, 6.45) is 1.49. The van der Waals surface area contributed by atoms with Gasteiger partial charge in [0.15, 0.2) is 11.6 Å². The lowest BCUT2D eigenvalue weighted by Gasteiger charge is -2.20. The first kappa shape index (κ1) is 18.5. The molecule has 0 atom stereocenters. The number of benzene rings is 2. The van der Waals surface area contributed by atoms with Gasteiger partial charge in [0.1, 0.15) is 12.3 Å². The normalized spacial score (nSPS) is 10.8. The fourth-order valence-electron chi connectivity index (χ4n) is 3.01. The van der Waals surface area contributed by atoms with E-state index < -0.39 is 0 Å². The van der Waals surface area contributed by atoms with Crippen LogP contribution in [0, 0.1) is 0 Å². The number of H-pyrrole nitrogens is 1. The second-order valence-electron chi connectivity index (χ2n) is 6.42. The highest BCUT2D eigenvalue weighted by molar-refractivity contribution is 5.94. The molecule has 2 aromatic heterocycles. The van der Waals surface area contributed by atoms with Crippen molar-refractivity contribution in [2.24, 2.45) is 0 Å². The molecule has 0 unspecified atom stereocenters. The number of aromatic amines is 1. The zero-order valence-electron chi connectivity index (χ0n) is 15.5. The van der Waals surface area contributed by atoms with Crippen molar-refractivity contribution < 1.29 is 9.90 Å². The van der Waals surface area contributed by atoms with Gasteiger partial charge in [-0.15, -0.1) is 0 Å². The lowest BCUT2D eigenvalue weighted by molar-refractivity contribution is 0.0942. The SMILES string of the molecule is O=C(NC(c1ccccc1)c1ccccc1)c1ccc(-c2n[nH]c(CO)n2)nc1. The Morgan fingerprint density at radius 1 is 0.966 bits per heavy atom. The van der Waals surface area contributed by atoms with Crippen molar-refractivity contribution in [3.8, 4) is 11.5 Å². The molecule has 0 saturated carbocycles. The number of nitrogens with zero attached hydrogens (tertiary/aromatic N) is 3. The van der Waals surface area contributed by atoms with Gasteiger partial charge in [-0.05, 0) is 23.3 Å². The molecule has 2 aromatic carbocycles. The molecule has 1 amide bonds. The van der Waals surface area contributed by atoms with Gasteiger partial charge in [0.05, 0.1) is 11.6 Å². The van der Waals surface area contributed by atoms with E-state index in [4.69, 9.17) is 5.11 Å². The van der Waals surface area contributed by atoms with Crippen LogP contribution in [-0.2, 0) is 6.61 Å². The summed E-state index contributed by atoms with van der Waals surface area (Å²) in [5.74, 6) is 0.498. The molecule has 0 aliphatic carbocycles. The summed E-state index contributed by atoms with van der Waals surface area (Å²) in [4.78, 5) is 21.3. The number of aliphatic hydroxyl groups excluding tert-OH is 1. The molecule has 2 heterocycles. The topological polar surface area (TPSA) is 104 Å². The van der Waals surface area contributed by atoms with Gasteiger partial charge in [-0.1, -0.05) is 60.7 Å². The van der Waals surface area contributed by atoms with Gasteiger partial charge < -0.3 is 10.4 Å². The maximum atomic E-state index is 12.9. The Hall–Kier alpha value is -3.84. The molecule has 3 N–H and O–H groups in total. The molecule has 29 heavy (non-hydrogen) atoms. The van der Waals surface area contributed by atoms with E-state index in [0.29, 0.717) is 22.9 Å². The van der Waals surface area contributed by atoms with E-state index in [1.165, 1.54) is 6.20 Å². The summed E-state index contributed by atoms with van der Waals surface area (Å²) in [6.45, 7) is -0.228. The van der Waals surface area contributed by atoms with Crippen LogP contribution < -0.4 is 5.32 Å². The molecule has 7 heteroatoms. The third kappa shape index (κ3) is 4.20. The average Bonchev–Trinajstić information content (AvgIpc) is 3.28. The van der Waals surface area contributed by atoms with Crippen molar-refractivity contribution in [1.29, 1.82) is 0 Å². The van der Waals surface area contributed by atoms with Gasteiger partial charge in [-0.2, -0.15) is 5.10 Å². The Morgan fingerprint density at radius 2 is 1.62 bits per heavy atom. The highest BCUT2D eigenvalue weighted by Gasteiger charge is 2.18. The quantitative estimate of drug-likeness (QED) is 0.473. The average molecular weight is 385 g/mol. The predicted molar refractivity (Wildman–Crippen MR) is 108 cm³/mol. The highest BCUT2D eigenvalue weighted by Crippen LogP contribution is 2.22. The van der Waals surface area contributed by atoms with Crippen molar-refractivity contribution in [1.82, 2.24) is 25.5 Å². The molecule has 0 aliphatic rings. The zero-order valence-corrected chi connectivity index (χ0v) is 15.5. The number of rotatable bonds is 6. The van der Waals surface area contributed by atoms with Crippen LogP contribution in [0.25, 0.3) is 11.5 Å². The van der Waals surface area contributed by atoms with Gasteiger partial charge in [0.25, 0.3) is 5.91 Å². The van der Waals surface area contributed by atoms with Crippen LogP contribution in [0.4, 0.5) is 0 Å². The second-order valence-corrected chi connectivity index (χ2v) is 6.42. The standard InChI is InChI=1S/C22H19N5O2/c28-14-19-24-21(27-26-19)18-12-11-17(13-23-18)22(29)25-20(15-7-3-1-4-8-15)16-9-5-2-6-10-16/h1-13,20,28H,14H2,(H,25,29)(H,24,26,27). The van der Waals surface area contributed by atoms with E-state index in [1.807, 2.05) is 60.7 Å². The largest absolute Gasteiger partial charge is 0.388 e. The summed E-state index contributed by atoms with van der Waals surface area (Å²) in [7, 11) is 0. The van der Waals surface area contributed by atoms with E-state index in [1.54, 1.807) is 12.1 Å². The minimum atomic E-state index is -0.273. The van der Waals surface area contributed by atoms with Crippen molar-refractivity contribution in [3.63, 3.8) is 0 Å². The first-order valence-corrected chi connectivity index (χ1v) is 9.14. The molecule has 4 rings (SSSR count). The molecule has 0 bridgehead atoms. The summed E-state index contributed by atoms with van der Waals surface area (Å²) in [5.41, 5.74) is 2.94. The van der Waals surface area contributed by atoms with Crippen LogP contribution in [0.1, 0.15) is 33.4 Å². The Balaban J connectivity index is 1.56. The first-order valence-electron chi connectivity index (χ1n) is 9.14. The van der Waals surface area contributed by atoms with Crippen molar-refractivity contribution >= 4 is 5.91 Å². The number of hydrogen-bond donors (Lipinski definition) is 3. The van der Waals surface area contributed by atoms with E-state index in [-0.39, 0.29) is 18.6 Å². The van der Waals surface area contributed by atoms with Crippen LogP contribution in [0.3, 0.4) is 0 Å².